The van der Waals surface area contributed by atoms with Crippen molar-refractivity contribution in [3.05, 3.63) is 77.4 Å². The van der Waals surface area contributed by atoms with Crippen molar-refractivity contribution in [2.24, 2.45) is 0 Å². The van der Waals surface area contributed by atoms with Gasteiger partial charge in [0.05, 0.1) is 0 Å². The summed E-state index contributed by atoms with van der Waals surface area (Å²) in [7, 11) is 0. The second-order valence-corrected chi connectivity index (χ2v) is 7.19. The summed E-state index contributed by atoms with van der Waals surface area (Å²) in [5.41, 5.74) is 5.45. The maximum absolute atomic E-state index is 12.3. The van der Waals surface area contributed by atoms with Gasteiger partial charge in [-0.05, 0) is 65.6 Å². The van der Waals surface area contributed by atoms with E-state index in [0.717, 1.165) is 22.3 Å². The first-order chi connectivity index (χ1) is 14.9. The molecule has 0 bridgehead atoms. The predicted octanol–water partition coefficient (Wildman–Crippen LogP) is 4.64. The smallest absolute Gasteiger partial charge is 0.409 e. The van der Waals surface area contributed by atoms with Gasteiger partial charge in [-0.25, -0.2) is 9.59 Å². The van der Waals surface area contributed by atoms with Gasteiger partial charge in [-0.3, -0.25) is 10.1 Å². The number of carbonyl (C=O) groups excluding carboxylic acids is 2. The Morgan fingerprint density at radius 3 is 2.29 bits per heavy atom. The van der Waals surface area contributed by atoms with Crippen molar-refractivity contribution in [1.29, 1.82) is 0 Å². The fraction of sp³-hybridized carbons (Fsp3) is 0.0870. The molecule has 8 nitrogen and oxygen atoms in total. The lowest BCUT2D eigenvalue weighted by atomic mass is 9.95. The van der Waals surface area contributed by atoms with E-state index in [1.807, 2.05) is 43.3 Å². The van der Waals surface area contributed by atoms with Crippen LogP contribution in [0, 0.1) is 6.92 Å². The highest BCUT2D eigenvalue weighted by molar-refractivity contribution is 6.03. The van der Waals surface area contributed by atoms with Crippen molar-refractivity contribution in [3.8, 4) is 11.1 Å². The second-order valence-electron chi connectivity index (χ2n) is 7.19. The molecule has 0 spiro atoms. The molecule has 0 saturated heterocycles. The van der Waals surface area contributed by atoms with Crippen molar-refractivity contribution < 1.29 is 19.5 Å². The number of fused-ring (bicyclic) bond motifs is 1. The number of rotatable bonds is 4. The highest BCUT2D eigenvalue weighted by Crippen LogP contribution is 2.33. The Bertz CT molecular complexity index is 1190. The number of hydrogen-bond donors (Lipinski definition) is 5. The zero-order chi connectivity index (χ0) is 22.0. The molecule has 0 aliphatic carbocycles. The van der Waals surface area contributed by atoms with Crippen LogP contribution in [-0.4, -0.2) is 23.1 Å². The minimum atomic E-state index is -1.21. The van der Waals surface area contributed by atoms with Crippen LogP contribution in [0.15, 0.2) is 60.7 Å². The van der Waals surface area contributed by atoms with Crippen LogP contribution in [0.5, 0.6) is 0 Å². The number of carboxylic acid groups (broad SMARTS) is 1. The first-order valence-electron chi connectivity index (χ1n) is 9.59. The van der Waals surface area contributed by atoms with Crippen molar-refractivity contribution in [3.63, 3.8) is 0 Å². The summed E-state index contributed by atoms with van der Waals surface area (Å²) >= 11 is 0. The van der Waals surface area contributed by atoms with Gasteiger partial charge in [-0.15, -0.1) is 0 Å². The Morgan fingerprint density at radius 1 is 0.871 bits per heavy atom. The molecule has 31 heavy (non-hydrogen) atoms. The number of nitrogens with one attached hydrogen (secondary N) is 4. The highest BCUT2D eigenvalue weighted by atomic mass is 16.4. The molecule has 1 heterocycles. The van der Waals surface area contributed by atoms with Crippen LogP contribution in [0.4, 0.5) is 26.7 Å². The Balaban J connectivity index is 1.55. The van der Waals surface area contributed by atoms with Crippen molar-refractivity contribution in [2.45, 2.75) is 13.5 Å². The Morgan fingerprint density at radius 2 is 1.58 bits per heavy atom. The maximum atomic E-state index is 12.3. The monoisotopic (exact) mass is 416 g/mol. The van der Waals surface area contributed by atoms with E-state index in [9.17, 15) is 14.4 Å². The molecule has 4 amide bonds. The molecule has 0 atom stereocenters. The number of carbonyl (C=O) groups is 3. The standard InChI is InChI=1S/C23H20N4O4/c1-13-3-2-4-16(9-13)26-22(29)25-15-7-5-14(6-8-15)18-10-17(27-23(30)31)11-19-20(18)12-24-21(19)28/h2-11,27H,12H2,1H3,(H,24,28)(H,30,31)(H2,25,26,29). The van der Waals surface area contributed by atoms with Crippen LogP contribution in [0.1, 0.15) is 21.5 Å². The molecule has 4 rings (SSSR count). The average Bonchev–Trinajstić information content (AvgIpc) is 3.08. The van der Waals surface area contributed by atoms with E-state index in [-0.39, 0.29) is 11.9 Å². The van der Waals surface area contributed by atoms with Gasteiger partial charge in [-0.1, -0.05) is 24.3 Å². The van der Waals surface area contributed by atoms with Crippen LogP contribution >= 0.6 is 0 Å². The summed E-state index contributed by atoms with van der Waals surface area (Å²) in [6.07, 6.45) is -1.21. The van der Waals surface area contributed by atoms with Crippen molar-refractivity contribution >= 4 is 35.1 Å². The van der Waals surface area contributed by atoms with Gasteiger partial charge in [0.2, 0.25) is 0 Å². The third-order valence-corrected chi connectivity index (χ3v) is 4.90. The van der Waals surface area contributed by atoms with Gasteiger partial charge in [-0.2, -0.15) is 0 Å². The van der Waals surface area contributed by atoms with E-state index in [1.54, 1.807) is 18.2 Å². The third kappa shape index (κ3) is 4.48. The van der Waals surface area contributed by atoms with Gasteiger partial charge in [0.25, 0.3) is 5.91 Å². The van der Waals surface area contributed by atoms with Gasteiger partial charge in [0.1, 0.15) is 0 Å². The van der Waals surface area contributed by atoms with E-state index < -0.39 is 6.09 Å². The summed E-state index contributed by atoms with van der Waals surface area (Å²) in [5, 5.41) is 19.6. The third-order valence-electron chi connectivity index (χ3n) is 4.90. The summed E-state index contributed by atoms with van der Waals surface area (Å²) in [6, 6.07) is 17.5. The lowest BCUT2D eigenvalue weighted by Crippen LogP contribution is -2.19. The van der Waals surface area contributed by atoms with Gasteiger partial charge in [0, 0.05) is 29.2 Å². The van der Waals surface area contributed by atoms with Crippen molar-refractivity contribution in [2.75, 3.05) is 16.0 Å². The molecule has 5 N–H and O–H groups in total. The maximum Gasteiger partial charge on any atom is 0.409 e. The number of anilines is 3. The van der Waals surface area contributed by atoms with E-state index in [0.29, 0.717) is 29.2 Å². The number of aryl methyl sites for hydroxylation is 1. The molecule has 0 unspecified atom stereocenters. The van der Waals surface area contributed by atoms with Crippen LogP contribution in [-0.2, 0) is 6.54 Å². The van der Waals surface area contributed by atoms with E-state index >= 15 is 0 Å². The van der Waals surface area contributed by atoms with Crippen LogP contribution < -0.4 is 21.3 Å². The zero-order valence-electron chi connectivity index (χ0n) is 16.7. The summed E-state index contributed by atoms with van der Waals surface area (Å²) in [5.74, 6) is -0.239. The van der Waals surface area contributed by atoms with Crippen molar-refractivity contribution in [1.82, 2.24) is 5.32 Å². The van der Waals surface area contributed by atoms with Crippen LogP contribution in [0.25, 0.3) is 11.1 Å². The average molecular weight is 416 g/mol. The number of amides is 4. The molecule has 0 fully saturated rings. The van der Waals surface area contributed by atoms with E-state index in [4.69, 9.17) is 5.11 Å². The summed E-state index contributed by atoms with van der Waals surface area (Å²) < 4.78 is 0. The minimum absolute atomic E-state index is 0.239. The Labute approximate surface area is 178 Å². The molecule has 1 aliphatic rings. The van der Waals surface area contributed by atoms with Crippen LogP contribution in [0.2, 0.25) is 0 Å². The molecule has 8 heteroatoms. The molecular weight excluding hydrogens is 396 g/mol. The highest BCUT2D eigenvalue weighted by Gasteiger charge is 2.24. The largest absolute Gasteiger partial charge is 0.465 e. The lowest BCUT2D eigenvalue weighted by Gasteiger charge is -2.12. The molecule has 0 saturated carbocycles. The van der Waals surface area contributed by atoms with Gasteiger partial charge < -0.3 is 21.1 Å². The molecule has 3 aromatic rings. The molecule has 0 aromatic heterocycles. The molecule has 156 valence electrons. The Kier molecular flexibility index (Phi) is 5.28. The molecule has 0 radical (unpaired) electrons. The molecular formula is C23H20N4O4. The SMILES string of the molecule is Cc1cccc(NC(=O)Nc2ccc(-c3cc(NC(=O)O)cc4c3CNC4=O)cc2)c1. The summed E-state index contributed by atoms with van der Waals surface area (Å²) in [4.78, 5) is 35.4. The van der Waals surface area contributed by atoms with Gasteiger partial charge in [0.15, 0.2) is 0 Å². The normalized spacial score (nSPS) is 12.0. The first kappa shape index (κ1) is 20.0. The molecule has 1 aliphatic heterocycles. The zero-order valence-corrected chi connectivity index (χ0v) is 16.7. The van der Waals surface area contributed by atoms with Gasteiger partial charge >= 0.3 is 12.1 Å². The van der Waals surface area contributed by atoms with Crippen LogP contribution in [0.3, 0.4) is 0 Å². The number of benzene rings is 3. The first-order valence-corrected chi connectivity index (χ1v) is 9.59. The van der Waals surface area contributed by atoms with E-state index in [1.165, 1.54) is 6.07 Å². The topological polar surface area (TPSA) is 120 Å². The molecule has 3 aromatic carbocycles. The quantitative estimate of drug-likeness (QED) is 0.426. The van der Waals surface area contributed by atoms with E-state index in [2.05, 4.69) is 21.3 Å². The predicted molar refractivity (Wildman–Crippen MR) is 119 cm³/mol. The lowest BCUT2D eigenvalue weighted by molar-refractivity contribution is 0.0965. The Hall–Kier alpha value is -4.33. The minimum Gasteiger partial charge on any atom is -0.465 e. The fourth-order valence-electron chi connectivity index (χ4n) is 3.53. The second kappa shape index (κ2) is 8.19. The number of urea groups is 1. The fourth-order valence-corrected chi connectivity index (χ4v) is 3.53. The number of hydrogen-bond acceptors (Lipinski definition) is 3. The summed E-state index contributed by atoms with van der Waals surface area (Å²) in [6.45, 7) is 2.32.